The molecule has 0 atom stereocenters. The van der Waals surface area contributed by atoms with E-state index in [1.165, 1.54) is 43.2 Å². The second-order valence-corrected chi connectivity index (χ2v) is 5.68. The first-order valence-electron chi connectivity index (χ1n) is 7.21. The van der Waals surface area contributed by atoms with Gasteiger partial charge in [0.1, 0.15) is 0 Å². The lowest BCUT2D eigenvalue weighted by atomic mass is 9.96. The third-order valence-corrected chi connectivity index (χ3v) is 3.83. The van der Waals surface area contributed by atoms with E-state index in [2.05, 4.69) is 32.0 Å². The average molecular weight is 259 g/mol. The number of aryl methyl sites for hydroxylation is 2. The first-order valence-corrected chi connectivity index (χ1v) is 7.21. The Morgan fingerprint density at radius 2 is 1.68 bits per heavy atom. The third kappa shape index (κ3) is 3.72. The van der Waals surface area contributed by atoms with Crippen molar-refractivity contribution < 1.29 is 0 Å². The molecule has 1 aromatic carbocycles. The molecule has 1 aromatic rings. The van der Waals surface area contributed by atoms with Gasteiger partial charge in [-0.15, -0.1) is 0 Å². The number of rotatable bonds is 2. The molecule has 0 amide bonds. The topological polar surface area (TPSA) is 41.6 Å². The van der Waals surface area contributed by atoms with Crippen LogP contribution in [-0.2, 0) is 0 Å². The number of hydrogen-bond acceptors (Lipinski definition) is 1. The average Bonchev–Trinajstić information content (AvgIpc) is 2.37. The van der Waals surface area contributed by atoms with E-state index in [4.69, 9.17) is 10.7 Å². The second kappa shape index (κ2) is 6.09. The first-order chi connectivity index (χ1) is 9.06. The van der Waals surface area contributed by atoms with E-state index in [0.29, 0.717) is 12.0 Å². The van der Waals surface area contributed by atoms with Crippen LogP contribution in [0.15, 0.2) is 23.2 Å². The fraction of sp³-hybridized carbons (Fsp3) is 0.562. The highest BCUT2D eigenvalue weighted by molar-refractivity contribution is 5.94. The molecular weight excluding hydrogens is 234 g/mol. The minimum Gasteiger partial charge on any atom is -0.370 e. The quantitative estimate of drug-likeness (QED) is 0.653. The Morgan fingerprint density at radius 1 is 1.11 bits per heavy atom. The number of anilines is 1. The van der Waals surface area contributed by atoms with Gasteiger partial charge in [-0.2, -0.15) is 0 Å². The zero-order valence-corrected chi connectivity index (χ0v) is 12.3. The first kappa shape index (κ1) is 13.9. The Labute approximate surface area is 116 Å². The summed E-state index contributed by atoms with van der Waals surface area (Å²) in [5, 5.41) is 0. The smallest absolute Gasteiger partial charge is 0.195 e. The maximum atomic E-state index is 6.16. The van der Waals surface area contributed by atoms with E-state index in [1.54, 1.807) is 0 Å². The molecule has 0 unspecified atom stereocenters. The van der Waals surface area contributed by atoms with Crippen molar-refractivity contribution in [2.75, 3.05) is 11.9 Å². The fourth-order valence-electron chi connectivity index (χ4n) is 2.76. The van der Waals surface area contributed by atoms with Crippen LogP contribution in [0.1, 0.15) is 43.2 Å². The van der Waals surface area contributed by atoms with Gasteiger partial charge in [0.25, 0.3) is 0 Å². The van der Waals surface area contributed by atoms with Crippen molar-refractivity contribution >= 4 is 11.6 Å². The largest absolute Gasteiger partial charge is 0.370 e. The van der Waals surface area contributed by atoms with E-state index in [0.717, 1.165) is 5.69 Å². The van der Waals surface area contributed by atoms with E-state index in [9.17, 15) is 0 Å². The molecule has 0 bridgehead atoms. The van der Waals surface area contributed by atoms with Gasteiger partial charge in [-0.1, -0.05) is 25.3 Å². The second-order valence-electron chi connectivity index (χ2n) is 5.68. The molecule has 0 aromatic heterocycles. The molecule has 1 aliphatic carbocycles. The number of guanidine groups is 1. The SMILES string of the molecule is Cc1cc(C)cc(N(C)C(N)=NC2CCCCC2)c1. The number of hydrogen-bond donors (Lipinski definition) is 1. The number of nitrogens with two attached hydrogens (primary N) is 1. The highest BCUT2D eigenvalue weighted by atomic mass is 15.2. The molecule has 0 spiro atoms. The molecule has 0 saturated heterocycles. The molecule has 3 heteroatoms. The Morgan fingerprint density at radius 3 is 2.26 bits per heavy atom. The molecule has 1 saturated carbocycles. The fourth-order valence-corrected chi connectivity index (χ4v) is 2.76. The van der Waals surface area contributed by atoms with Crippen LogP contribution in [0.3, 0.4) is 0 Å². The Balaban J connectivity index is 2.12. The lowest BCUT2D eigenvalue weighted by molar-refractivity contribution is 0.443. The van der Waals surface area contributed by atoms with E-state index < -0.39 is 0 Å². The summed E-state index contributed by atoms with van der Waals surface area (Å²) < 4.78 is 0. The van der Waals surface area contributed by atoms with Crippen molar-refractivity contribution in [2.24, 2.45) is 10.7 Å². The molecule has 19 heavy (non-hydrogen) atoms. The molecular formula is C16H25N3. The molecule has 3 nitrogen and oxygen atoms in total. The molecule has 0 radical (unpaired) electrons. The van der Waals surface area contributed by atoms with Crippen LogP contribution in [0.2, 0.25) is 0 Å². The van der Waals surface area contributed by atoms with Crippen molar-refractivity contribution in [3.05, 3.63) is 29.3 Å². The summed E-state index contributed by atoms with van der Waals surface area (Å²) in [4.78, 5) is 6.69. The Hall–Kier alpha value is -1.51. The molecule has 2 rings (SSSR count). The van der Waals surface area contributed by atoms with Gasteiger partial charge in [0, 0.05) is 12.7 Å². The zero-order valence-electron chi connectivity index (χ0n) is 12.3. The Bertz CT molecular complexity index is 439. The minimum absolute atomic E-state index is 0.419. The molecule has 104 valence electrons. The maximum absolute atomic E-state index is 6.16. The van der Waals surface area contributed by atoms with Gasteiger partial charge in [-0.3, -0.25) is 0 Å². The van der Waals surface area contributed by atoms with Crippen molar-refractivity contribution in [3.8, 4) is 0 Å². The summed E-state index contributed by atoms with van der Waals surface area (Å²) in [6.45, 7) is 4.22. The predicted octanol–water partition coefficient (Wildman–Crippen LogP) is 3.39. The van der Waals surface area contributed by atoms with Crippen molar-refractivity contribution in [3.63, 3.8) is 0 Å². The van der Waals surface area contributed by atoms with Gasteiger partial charge in [0.05, 0.1) is 6.04 Å². The van der Waals surface area contributed by atoms with Crippen LogP contribution in [-0.4, -0.2) is 19.0 Å². The summed E-state index contributed by atoms with van der Waals surface area (Å²) in [5.74, 6) is 0.636. The van der Waals surface area contributed by atoms with Crippen LogP contribution in [0.25, 0.3) is 0 Å². The molecule has 0 aliphatic heterocycles. The highest BCUT2D eigenvalue weighted by Gasteiger charge is 2.14. The summed E-state index contributed by atoms with van der Waals surface area (Å²) in [5.41, 5.74) is 9.79. The third-order valence-electron chi connectivity index (χ3n) is 3.83. The standard InChI is InChI=1S/C16H25N3/c1-12-9-13(2)11-15(10-12)19(3)16(17)18-14-7-5-4-6-8-14/h9-11,14H,4-8H2,1-3H3,(H2,17,18). The number of aliphatic imine (C=N–C) groups is 1. The van der Waals surface area contributed by atoms with Gasteiger partial charge < -0.3 is 10.6 Å². The van der Waals surface area contributed by atoms with Crippen molar-refractivity contribution in [1.82, 2.24) is 0 Å². The molecule has 1 fully saturated rings. The van der Waals surface area contributed by atoms with Gasteiger partial charge in [-0.25, -0.2) is 4.99 Å². The molecule has 2 N–H and O–H groups in total. The summed E-state index contributed by atoms with van der Waals surface area (Å²) >= 11 is 0. The zero-order chi connectivity index (χ0) is 13.8. The van der Waals surface area contributed by atoms with Crippen LogP contribution >= 0.6 is 0 Å². The van der Waals surface area contributed by atoms with Gasteiger partial charge in [-0.05, 0) is 49.9 Å². The van der Waals surface area contributed by atoms with Crippen molar-refractivity contribution in [2.45, 2.75) is 52.0 Å². The maximum Gasteiger partial charge on any atom is 0.195 e. The summed E-state index contributed by atoms with van der Waals surface area (Å²) in [6.07, 6.45) is 6.28. The lowest BCUT2D eigenvalue weighted by Crippen LogP contribution is -2.35. The monoisotopic (exact) mass is 259 g/mol. The van der Waals surface area contributed by atoms with Gasteiger partial charge in [0.15, 0.2) is 5.96 Å². The van der Waals surface area contributed by atoms with Gasteiger partial charge >= 0.3 is 0 Å². The summed E-state index contributed by atoms with van der Waals surface area (Å²) in [7, 11) is 2.00. The van der Waals surface area contributed by atoms with Crippen LogP contribution in [0, 0.1) is 13.8 Å². The van der Waals surface area contributed by atoms with Crippen LogP contribution in [0.5, 0.6) is 0 Å². The highest BCUT2D eigenvalue weighted by Crippen LogP contribution is 2.21. The van der Waals surface area contributed by atoms with E-state index in [1.807, 2.05) is 11.9 Å². The molecule has 1 aliphatic rings. The number of benzene rings is 1. The normalized spacial score (nSPS) is 17.5. The van der Waals surface area contributed by atoms with Crippen molar-refractivity contribution in [1.29, 1.82) is 0 Å². The molecule has 0 heterocycles. The van der Waals surface area contributed by atoms with Crippen LogP contribution in [0.4, 0.5) is 5.69 Å². The summed E-state index contributed by atoms with van der Waals surface area (Å²) in [6, 6.07) is 6.89. The van der Waals surface area contributed by atoms with E-state index >= 15 is 0 Å². The number of nitrogens with zero attached hydrogens (tertiary/aromatic N) is 2. The van der Waals surface area contributed by atoms with E-state index in [-0.39, 0.29) is 0 Å². The minimum atomic E-state index is 0.419. The predicted molar refractivity (Wildman–Crippen MR) is 82.8 cm³/mol. The lowest BCUT2D eigenvalue weighted by Gasteiger charge is -2.23. The van der Waals surface area contributed by atoms with Gasteiger partial charge in [0.2, 0.25) is 0 Å². The Kier molecular flexibility index (Phi) is 4.46. The van der Waals surface area contributed by atoms with Crippen LogP contribution < -0.4 is 10.6 Å².